The Kier molecular flexibility index (Phi) is 5.81. The number of likely N-dealkylation sites (tertiary alicyclic amines) is 1. The van der Waals surface area contributed by atoms with Gasteiger partial charge in [-0.25, -0.2) is 0 Å². The van der Waals surface area contributed by atoms with Crippen molar-refractivity contribution in [1.82, 2.24) is 14.7 Å². The van der Waals surface area contributed by atoms with Gasteiger partial charge in [0.1, 0.15) is 0 Å². The largest absolute Gasteiger partial charge is 0.339 e. The van der Waals surface area contributed by atoms with Crippen LogP contribution in [0.3, 0.4) is 0 Å². The van der Waals surface area contributed by atoms with Crippen LogP contribution in [0.2, 0.25) is 10.0 Å². The van der Waals surface area contributed by atoms with E-state index in [1.807, 2.05) is 17.0 Å². The summed E-state index contributed by atoms with van der Waals surface area (Å²) in [7, 11) is 0. The van der Waals surface area contributed by atoms with Crippen LogP contribution >= 0.6 is 23.2 Å². The molecule has 3 rings (SSSR count). The van der Waals surface area contributed by atoms with Crippen LogP contribution in [0.15, 0.2) is 18.2 Å². The lowest BCUT2D eigenvalue weighted by Gasteiger charge is -2.35. The van der Waals surface area contributed by atoms with Crippen LogP contribution in [0.4, 0.5) is 0 Å². The maximum atomic E-state index is 12.3. The third kappa shape index (κ3) is 4.60. The van der Waals surface area contributed by atoms with Gasteiger partial charge in [-0.2, -0.15) is 0 Å². The quantitative estimate of drug-likeness (QED) is 0.830. The van der Waals surface area contributed by atoms with E-state index in [1.54, 1.807) is 6.07 Å². The van der Waals surface area contributed by atoms with Gasteiger partial charge in [0.15, 0.2) is 0 Å². The van der Waals surface area contributed by atoms with Gasteiger partial charge < -0.3 is 4.90 Å². The van der Waals surface area contributed by atoms with Crippen molar-refractivity contribution in [2.24, 2.45) is 0 Å². The molecule has 0 bridgehead atoms. The molecule has 23 heavy (non-hydrogen) atoms. The maximum absolute atomic E-state index is 12.3. The third-order valence-corrected chi connectivity index (χ3v) is 5.28. The van der Waals surface area contributed by atoms with Gasteiger partial charge in [0.25, 0.3) is 0 Å². The first kappa shape index (κ1) is 17.0. The Hall–Kier alpha value is -0.810. The van der Waals surface area contributed by atoms with Crippen LogP contribution in [0.1, 0.15) is 18.4 Å². The number of carbonyl (C=O) groups excluding carboxylic acids is 1. The van der Waals surface area contributed by atoms with Gasteiger partial charge >= 0.3 is 0 Å². The summed E-state index contributed by atoms with van der Waals surface area (Å²) in [5.74, 6) is 0.274. The molecule has 126 valence electrons. The molecule has 0 saturated carbocycles. The molecule has 6 heteroatoms. The van der Waals surface area contributed by atoms with Crippen LogP contribution in [0, 0.1) is 0 Å². The van der Waals surface area contributed by atoms with Gasteiger partial charge in [-0.3, -0.25) is 14.6 Å². The van der Waals surface area contributed by atoms with E-state index in [0.29, 0.717) is 16.6 Å². The second kappa shape index (κ2) is 7.84. The van der Waals surface area contributed by atoms with E-state index in [1.165, 1.54) is 12.8 Å². The van der Waals surface area contributed by atoms with Gasteiger partial charge in [-0.05, 0) is 43.6 Å². The zero-order valence-corrected chi connectivity index (χ0v) is 14.8. The number of benzene rings is 1. The number of rotatable bonds is 4. The van der Waals surface area contributed by atoms with Crippen molar-refractivity contribution in [3.63, 3.8) is 0 Å². The summed E-state index contributed by atoms with van der Waals surface area (Å²) in [6.07, 6.45) is 2.45. The number of carbonyl (C=O) groups is 1. The molecule has 1 aromatic rings. The first-order valence-electron chi connectivity index (χ1n) is 8.28. The van der Waals surface area contributed by atoms with Crippen molar-refractivity contribution in [3.05, 3.63) is 33.8 Å². The Balaban J connectivity index is 1.47. The molecule has 4 nitrogen and oxygen atoms in total. The fourth-order valence-electron chi connectivity index (χ4n) is 3.28. The zero-order valence-electron chi connectivity index (χ0n) is 13.3. The first-order chi connectivity index (χ1) is 11.1. The molecule has 2 fully saturated rings. The molecule has 0 spiro atoms. The molecule has 2 aliphatic heterocycles. The van der Waals surface area contributed by atoms with Gasteiger partial charge in [-0.15, -0.1) is 0 Å². The van der Waals surface area contributed by atoms with E-state index in [9.17, 15) is 4.79 Å². The molecule has 2 aliphatic rings. The molecule has 1 amide bonds. The summed E-state index contributed by atoms with van der Waals surface area (Å²) in [6.45, 7) is 6.93. The Labute approximate surface area is 147 Å². The van der Waals surface area contributed by atoms with Crippen molar-refractivity contribution >= 4 is 29.1 Å². The van der Waals surface area contributed by atoms with Crippen LogP contribution in [0.25, 0.3) is 0 Å². The second-order valence-corrected chi connectivity index (χ2v) is 7.22. The summed E-state index contributed by atoms with van der Waals surface area (Å²) in [5, 5.41) is 1.38. The Morgan fingerprint density at radius 1 is 0.957 bits per heavy atom. The highest BCUT2D eigenvalue weighted by molar-refractivity contribution is 6.35. The first-order valence-corrected chi connectivity index (χ1v) is 9.04. The van der Waals surface area contributed by atoms with Crippen molar-refractivity contribution in [3.8, 4) is 0 Å². The average Bonchev–Trinajstić information content (AvgIpc) is 3.04. The van der Waals surface area contributed by atoms with Crippen molar-refractivity contribution < 1.29 is 4.79 Å². The van der Waals surface area contributed by atoms with Gasteiger partial charge in [0.05, 0.1) is 6.54 Å². The van der Waals surface area contributed by atoms with E-state index in [4.69, 9.17) is 23.2 Å². The molecule has 2 saturated heterocycles. The molecule has 2 heterocycles. The fraction of sp³-hybridized carbons (Fsp3) is 0.588. The summed E-state index contributed by atoms with van der Waals surface area (Å²) in [4.78, 5) is 18.9. The van der Waals surface area contributed by atoms with E-state index in [0.717, 1.165) is 51.4 Å². The van der Waals surface area contributed by atoms with Crippen molar-refractivity contribution in [2.45, 2.75) is 19.4 Å². The number of halogens is 2. The SMILES string of the molecule is O=C(CN1CCCC1)N1CCN(Cc2ccc(Cl)cc2Cl)CC1. The molecular formula is C17H23Cl2N3O. The number of hydrogen-bond acceptors (Lipinski definition) is 3. The summed E-state index contributed by atoms with van der Waals surface area (Å²) < 4.78 is 0. The predicted octanol–water partition coefficient (Wildman–Crippen LogP) is 2.73. The van der Waals surface area contributed by atoms with Gasteiger partial charge in [0, 0.05) is 42.8 Å². The minimum atomic E-state index is 0.274. The zero-order chi connectivity index (χ0) is 16.2. The second-order valence-electron chi connectivity index (χ2n) is 6.38. The molecule has 0 N–H and O–H groups in total. The fourth-order valence-corrected chi connectivity index (χ4v) is 3.75. The number of hydrogen-bond donors (Lipinski definition) is 0. The average molecular weight is 356 g/mol. The van der Waals surface area contributed by atoms with Crippen molar-refractivity contribution in [2.75, 3.05) is 45.8 Å². The molecule has 0 aliphatic carbocycles. The lowest BCUT2D eigenvalue weighted by atomic mass is 10.2. The van der Waals surface area contributed by atoms with E-state index >= 15 is 0 Å². The normalized spacial score (nSPS) is 20.2. The van der Waals surface area contributed by atoms with Crippen molar-refractivity contribution in [1.29, 1.82) is 0 Å². The van der Waals surface area contributed by atoms with Gasteiger partial charge in [0.2, 0.25) is 5.91 Å². The highest BCUT2D eigenvalue weighted by Crippen LogP contribution is 2.22. The molecular weight excluding hydrogens is 333 g/mol. The smallest absolute Gasteiger partial charge is 0.236 e. The molecule has 0 atom stereocenters. The van der Waals surface area contributed by atoms with Crippen LogP contribution in [-0.4, -0.2) is 66.4 Å². The maximum Gasteiger partial charge on any atom is 0.236 e. The number of nitrogens with zero attached hydrogens (tertiary/aromatic N) is 3. The highest BCUT2D eigenvalue weighted by Gasteiger charge is 2.24. The molecule has 0 aromatic heterocycles. The highest BCUT2D eigenvalue weighted by atomic mass is 35.5. The van der Waals surface area contributed by atoms with E-state index < -0.39 is 0 Å². The third-order valence-electron chi connectivity index (χ3n) is 4.69. The van der Waals surface area contributed by atoms with E-state index in [-0.39, 0.29) is 5.91 Å². The summed E-state index contributed by atoms with van der Waals surface area (Å²) in [6, 6.07) is 5.64. The monoisotopic (exact) mass is 355 g/mol. The summed E-state index contributed by atoms with van der Waals surface area (Å²) >= 11 is 12.2. The summed E-state index contributed by atoms with van der Waals surface area (Å²) in [5.41, 5.74) is 1.09. The molecule has 0 unspecified atom stereocenters. The lowest BCUT2D eigenvalue weighted by molar-refractivity contribution is -0.134. The Morgan fingerprint density at radius 3 is 2.30 bits per heavy atom. The molecule has 1 aromatic carbocycles. The van der Waals surface area contributed by atoms with Crippen LogP contribution < -0.4 is 0 Å². The number of piperazine rings is 1. The predicted molar refractivity (Wildman–Crippen MR) is 94.0 cm³/mol. The Bertz CT molecular complexity index is 553. The number of amides is 1. The minimum absolute atomic E-state index is 0.274. The Morgan fingerprint density at radius 2 is 1.65 bits per heavy atom. The van der Waals surface area contributed by atoms with Gasteiger partial charge in [-0.1, -0.05) is 29.3 Å². The molecule has 0 radical (unpaired) electrons. The van der Waals surface area contributed by atoms with Crippen LogP contribution in [-0.2, 0) is 11.3 Å². The standard InChI is InChI=1S/C17H23Cl2N3O/c18-15-4-3-14(16(19)11-15)12-21-7-9-22(10-8-21)17(23)13-20-5-1-2-6-20/h3-4,11H,1-2,5-10,12-13H2. The van der Waals surface area contributed by atoms with Crippen LogP contribution in [0.5, 0.6) is 0 Å². The van der Waals surface area contributed by atoms with E-state index in [2.05, 4.69) is 9.80 Å². The topological polar surface area (TPSA) is 26.8 Å². The lowest BCUT2D eigenvalue weighted by Crippen LogP contribution is -2.50. The minimum Gasteiger partial charge on any atom is -0.339 e.